The van der Waals surface area contributed by atoms with E-state index in [4.69, 9.17) is 22.1 Å². The summed E-state index contributed by atoms with van der Waals surface area (Å²) in [6.07, 6.45) is 1.63. The van der Waals surface area contributed by atoms with Crippen LogP contribution in [0.3, 0.4) is 0 Å². The van der Waals surface area contributed by atoms with Crippen molar-refractivity contribution in [3.63, 3.8) is 0 Å². The van der Waals surface area contributed by atoms with E-state index in [0.717, 1.165) is 12.8 Å². The normalized spacial score (nSPS) is 10.2. The lowest BCUT2D eigenvalue weighted by atomic mass is 10.1. The van der Waals surface area contributed by atoms with Gasteiger partial charge in [-0.05, 0) is 30.5 Å². The summed E-state index contributed by atoms with van der Waals surface area (Å²) in [6.45, 7) is 0.346. The number of halogens is 1. The summed E-state index contributed by atoms with van der Waals surface area (Å²) >= 11 is 5.95. The lowest BCUT2D eigenvalue weighted by Gasteiger charge is -2.08. The van der Waals surface area contributed by atoms with Gasteiger partial charge < -0.3 is 10.5 Å². The molecule has 4 heteroatoms. The van der Waals surface area contributed by atoms with Gasteiger partial charge in [-0.1, -0.05) is 48.0 Å². The fraction of sp³-hybridized carbons (Fsp3) is 0.188. The first-order valence-electron chi connectivity index (χ1n) is 6.43. The molecule has 0 atom stereocenters. The predicted molar refractivity (Wildman–Crippen MR) is 80.9 cm³/mol. The zero-order valence-corrected chi connectivity index (χ0v) is 11.8. The lowest BCUT2D eigenvalue weighted by molar-refractivity contribution is 0.0502. The van der Waals surface area contributed by atoms with Gasteiger partial charge in [0.1, 0.15) is 5.56 Å². The smallest absolute Gasteiger partial charge is 0.341 e. The molecule has 0 bridgehead atoms. The molecule has 0 aliphatic rings. The van der Waals surface area contributed by atoms with Crippen LogP contribution in [-0.2, 0) is 11.2 Å². The Morgan fingerprint density at radius 1 is 1.10 bits per heavy atom. The molecule has 0 unspecified atom stereocenters. The van der Waals surface area contributed by atoms with E-state index < -0.39 is 5.97 Å². The first-order valence-corrected chi connectivity index (χ1v) is 6.81. The SMILES string of the molecule is Nc1cccc(Cl)c1C(=O)OCCCc1ccccc1. The zero-order valence-electron chi connectivity index (χ0n) is 11.0. The van der Waals surface area contributed by atoms with Gasteiger partial charge >= 0.3 is 5.97 Å². The van der Waals surface area contributed by atoms with E-state index >= 15 is 0 Å². The molecule has 3 nitrogen and oxygen atoms in total. The van der Waals surface area contributed by atoms with Gasteiger partial charge in [0.05, 0.1) is 11.6 Å². The van der Waals surface area contributed by atoms with Gasteiger partial charge in [-0.2, -0.15) is 0 Å². The number of hydrogen-bond acceptors (Lipinski definition) is 3. The summed E-state index contributed by atoms with van der Waals surface area (Å²) in [6, 6.07) is 15.0. The zero-order chi connectivity index (χ0) is 14.4. The van der Waals surface area contributed by atoms with Gasteiger partial charge in [-0.25, -0.2) is 4.79 Å². The number of nitrogens with two attached hydrogens (primary N) is 1. The topological polar surface area (TPSA) is 52.3 Å². The molecule has 0 amide bonds. The second-order valence-electron chi connectivity index (χ2n) is 4.43. The number of carbonyl (C=O) groups excluding carboxylic acids is 1. The number of ether oxygens (including phenoxy) is 1. The van der Waals surface area contributed by atoms with Gasteiger partial charge in [0, 0.05) is 5.69 Å². The van der Waals surface area contributed by atoms with Crippen LogP contribution < -0.4 is 5.73 Å². The van der Waals surface area contributed by atoms with Crippen LogP contribution in [0.5, 0.6) is 0 Å². The van der Waals surface area contributed by atoms with Crippen molar-refractivity contribution in [2.75, 3.05) is 12.3 Å². The third-order valence-corrected chi connectivity index (χ3v) is 3.25. The Morgan fingerprint density at radius 3 is 2.55 bits per heavy atom. The quantitative estimate of drug-likeness (QED) is 0.518. The van der Waals surface area contributed by atoms with Crippen LogP contribution in [0.15, 0.2) is 48.5 Å². The van der Waals surface area contributed by atoms with Gasteiger partial charge in [-0.15, -0.1) is 0 Å². The van der Waals surface area contributed by atoms with Crippen LogP contribution in [0.1, 0.15) is 22.3 Å². The average molecular weight is 290 g/mol. The van der Waals surface area contributed by atoms with Gasteiger partial charge in [-0.3, -0.25) is 0 Å². The summed E-state index contributed by atoms with van der Waals surface area (Å²) in [5.41, 5.74) is 7.54. The molecular formula is C16H16ClNO2. The van der Waals surface area contributed by atoms with Crippen molar-refractivity contribution in [3.05, 3.63) is 64.7 Å². The van der Waals surface area contributed by atoms with Gasteiger partial charge in [0.2, 0.25) is 0 Å². The Morgan fingerprint density at radius 2 is 1.85 bits per heavy atom. The molecule has 2 aromatic carbocycles. The van der Waals surface area contributed by atoms with Crippen LogP contribution in [0.25, 0.3) is 0 Å². The van der Waals surface area contributed by atoms with E-state index in [1.807, 2.05) is 30.3 Å². The van der Waals surface area contributed by atoms with Crippen molar-refractivity contribution in [2.24, 2.45) is 0 Å². The summed E-state index contributed by atoms with van der Waals surface area (Å²) < 4.78 is 5.21. The number of carbonyl (C=O) groups is 1. The maximum absolute atomic E-state index is 11.9. The highest BCUT2D eigenvalue weighted by molar-refractivity contribution is 6.34. The molecular weight excluding hydrogens is 274 g/mol. The molecule has 0 spiro atoms. The summed E-state index contributed by atoms with van der Waals surface area (Å²) in [4.78, 5) is 11.9. The highest BCUT2D eigenvalue weighted by atomic mass is 35.5. The Balaban J connectivity index is 1.84. The van der Waals surface area contributed by atoms with Gasteiger partial charge in [0.25, 0.3) is 0 Å². The number of rotatable bonds is 5. The minimum Gasteiger partial charge on any atom is -0.462 e. The lowest BCUT2D eigenvalue weighted by Crippen LogP contribution is -2.10. The number of aryl methyl sites for hydroxylation is 1. The first kappa shape index (κ1) is 14.4. The molecule has 104 valence electrons. The van der Waals surface area contributed by atoms with Crippen LogP contribution >= 0.6 is 11.6 Å². The number of nitrogen functional groups attached to an aromatic ring is 1. The minimum absolute atomic E-state index is 0.244. The van der Waals surface area contributed by atoms with E-state index in [2.05, 4.69) is 0 Å². The van der Waals surface area contributed by atoms with Crippen LogP contribution in [-0.4, -0.2) is 12.6 Å². The van der Waals surface area contributed by atoms with E-state index in [-0.39, 0.29) is 5.56 Å². The number of anilines is 1. The van der Waals surface area contributed by atoms with E-state index in [9.17, 15) is 4.79 Å². The molecule has 0 aromatic heterocycles. The van der Waals surface area contributed by atoms with Crippen molar-refractivity contribution in [1.29, 1.82) is 0 Å². The van der Waals surface area contributed by atoms with E-state index in [1.165, 1.54) is 5.56 Å². The Kier molecular flexibility index (Phi) is 5.02. The molecule has 2 aromatic rings. The van der Waals surface area contributed by atoms with Crippen molar-refractivity contribution < 1.29 is 9.53 Å². The maximum Gasteiger partial charge on any atom is 0.341 e. The van der Waals surface area contributed by atoms with Crippen LogP contribution in [0, 0.1) is 0 Å². The Bertz CT molecular complexity index is 564. The molecule has 0 heterocycles. The molecule has 2 N–H and O–H groups in total. The molecule has 0 saturated heterocycles. The maximum atomic E-state index is 11.9. The fourth-order valence-electron chi connectivity index (χ4n) is 1.91. The predicted octanol–water partition coefficient (Wildman–Crippen LogP) is 3.71. The molecule has 0 saturated carbocycles. The molecule has 0 aliphatic heterocycles. The number of hydrogen-bond donors (Lipinski definition) is 1. The standard InChI is InChI=1S/C16H16ClNO2/c17-13-9-4-10-14(18)15(13)16(19)20-11-5-8-12-6-2-1-3-7-12/h1-4,6-7,9-10H,5,8,11,18H2. The summed E-state index contributed by atoms with van der Waals surface area (Å²) in [5.74, 6) is -0.471. The third kappa shape index (κ3) is 3.75. The monoisotopic (exact) mass is 289 g/mol. The number of benzene rings is 2. The van der Waals surface area contributed by atoms with Crippen molar-refractivity contribution in [2.45, 2.75) is 12.8 Å². The third-order valence-electron chi connectivity index (χ3n) is 2.94. The van der Waals surface area contributed by atoms with Crippen molar-refractivity contribution >= 4 is 23.3 Å². The number of esters is 1. The second-order valence-corrected chi connectivity index (χ2v) is 4.84. The highest BCUT2D eigenvalue weighted by Crippen LogP contribution is 2.22. The Labute approximate surface area is 123 Å². The highest BCUT2D eigenvalue weighted by Gasteiger charge is 2.14. The molecule has 0 radical (unpaired) electrons. The second kappa shape index (κ2) is 6.96. The summed E-state index contributed by atoms with van der Waals surface area (Å²) in [5, 5.41) is 0.318. The van der Waals surface area contributed by atoms with Gasteiger partial charge in [0.15, 0.2) is 0 Å². The Hall–Kier alpha value is -2.00. The average Bonchev–Trinajstić information content (AvgIpc) is 2.44. The first-order chi connectivity index (χ1) is 9.68. The molecule has 2 rings (SSSR count). The van der Waals surface area contributed by atoms with Crippen molar-refractivity contribution in [1.82, 2.24) is 0 Å². The molecule has 0 fully saturated rings. The summed E-state index contributed by atoms with van der Waals surface area (Å²) in [7, 11) is 0. The van der Waals surface area contributed by atoms with Crippen LogP contribution in [0.4, 0.5) is 5.69 Å². The molecule has 20 heavy (non-hydrogen) atoms. The minimum atomic E-state index is -0.471. The van der Waals surface area contributed by atoms with Crippen molar-refractivity contribution in [3.8, 4) is 0 Å². The fourth-order valence-corrected chi connectivity index (χ4v) is 2.17. The van der Waals surface area contributed by atoms with Crippen LogP contribution in [0.2, 0.25) is 5.02 Å². The molecule has 0 aliphatic carbocycles. The largest absolute Gasteiger partial charge is 0.462 e. The van der Waals surface area contributed by atoms with E-state index in [0.29, 0.717) is 17.3 Å². The van der Waals surface area contributed by atoms with E-state index in [1.54, 1.807) is 18.2 Å².